The van der Waals surface area contributed by atoms with E-state index in [1.807, 2.05) is 24.3 Å². The first kappa shape index (κ1) is 15.0. The second kappa shape index (κ2) is 9.88. The summed E-state index contributed by atoms with van der Waals surface area (Å²) in [6.45, 7) is 1.54. The molecule has 1 aromatic carbocycles. The monoisotopic (exact) mass is 254 g/mol. The van der Waals surface area contributed by atoms with Gasteiger partial charge in [0.15, 0.2) is 0 Å². The molecule has 4 heteroatoms. The standard InChI is InChI=1S/C14H22O4/c15-8-11-17-10-4-3-6-13-5-1-2-7-14(13)18-12-9-16/h1-2,5,7,15-16H,3-4,6,8-12H2. The lowest BCUT2D eigenvalue weighted by Gasteiger charge is -2.10. The Labute approximate surface area is 108 Å². The molecule has 1 aromatic rings. The van der Waals surface area contributed by atoms with Gasteiger partial charge in [0.1, 0.15) is 12.4 Å². The van der Waals surface area contributed by atoms with Gasteiger partial charge >= 0.3 is 0 Å². The fourth-order valence-corrected chi connectivity index (χ4v) is 1.69. The third kappa shape index (κ3) is 6.00. The Bertz CT molecular complexity index is 314. The van der Waals surface area contributed by atoms with Crippen molar-refractivity contribution in [2.75, 3.05) is 33.0 Å². The summed E-state index contributed by atoms with van der Waals surface area (Å²) in [6.07, 6.45) is 2.92. The van der Waals surface area contributed by atoms with E-state index in [-0.39, 0.29) is 13.2 Å². The van der Waals surface area contributed by atoms with Crippen LogP contribution in [0.5, 0.6) is 5.75 Å². The van der Waals surface area contributed by atoms with Gasteiger partial charge in [-0.15, -0.1) is 0 Å². The van der Waals surface area contributed by atoms with Gasteiger partial charge in [0.2, 0.25) is 0 Å². The lowest BCUT2D eigenvalue weighted by molar-refractivity contribution is 0.0898. The molecule has 2 N–H and O–H groups in total. The van der Waals surface area contributed by atoms with Crippen molar-refractivity contribution >= 4 is 0 Å². The van der Waals surface area contributed by atoms with Gasteiger partial charge in [-0.25, -0.2) is 0 Å². The highest BCUT2D eigenvalue weighted by Gasteiger charge is 2.02. The van der Waals surface area contributed by atoms with Gasteiger partial charge in [0, 0.05) is 6.61 Å². The summed E-state index contributed by atoms with van der Waals surface area (Å²) in [7, 11) is 0. The van der Waals surface area contributed by atoms with Crippen molar-refractivity contribution in [2.45, 2.75) is 19.3 Å². The zero-order chi connectivity index (χ0) is 13.1. The largest absolute Gasteiger partial charge is 0.491 e. The van der Waals surface area contributed by atoms with Gasteiger partial charge in [0.25, 0.3) is 0 Å². The predicted octanol–water partition coefficient (Wildman–Crippen LogP) is 1.39. The van der Waals surface area contributed by atoms with Gasteiger partial charge < -0.3 is 19.7 Å². The molecule has 0 atom stereocenters. The molecule has 18 heavy (non-hydrogen) atoms. The molecule has 0 aliphatic carbocycles. The Kier molecular flexibility index (Phi) is 8.21. The van der Waals surface area contributed by atoms with E-state index in [2.05, 4.69) is 0 Å². The van der Waals surface area contributed by atoms with Gasteiger partial charge in [-0.1, -0.05) is 18.2 Å². The van der Waals surface area contributed by atoms with Crippen molar-refractivity contribution in [2.24, 2.45) is 0 Å². The molecule has 0 aliphatic rings. The van der Waals surface area contributed by atoms with E-state index in [1.54, 1.807) is 0 Å². The number of hydrogen-bond donors (Lipinski definition) is 2. The van der Waals surface area contributed by atoms with Crippen LogP contribution in [0, 0.1) is 0 Å². The van der Waals surface area contributed by atoms with Crippen LogP contribution in [0.3, 0.4) is 0 Å². The van der Waals surface area contributed by atoms with Crippen molar-refractivity contribution in [3.05, 3.63) is 29.8 Å². The van der Waals surface area contributed by atoms with E-state index in [0.717, 1.165) is 30.6 Å². The van der Waals surface area contributed by atoms with E-state index >= 15 is 0 Å². The molecule has 0 radical (unpaired) electrons. The van der Waals surface area contributed by atoms with Gasteiger partial charge in [-0.3, -0.25) is 0 Å². The molecule has 0 unspecified atom stereocenters. The number of hydrogen-bond acceptors (Lipinski definition) is 4. The molecule has 0 fully saturated rings. The molecule has 0 spiro atoms. The minimum absolute atomic E-state index is 0.0311. The Hall–Kier alpha value is -1.10. The van der Waals surface area contributed by atoms with Crippen molar-refractivity contribution in [1.29, 1.82) is 0 Å². The van der Waals surface area contributed by atoms with E-state index in [4.69, 9.17) is 19.7 Å². The molecule has 1 rings (SSSR count). The molecule has 102 valence electrons. The Morgan fingerprint density at radius 3 is 2.44 bits per heavy atom. The molecule has 0 bridgehead atoms. The number of unbranched alkanes of at least 4 members (excludes halogenated alkanes) is 1. The minimum Gasteiger partial charge on any atom is -0.491 e. The van der Waals surface area contributed by atoms with E-state index in [0.29, 0.717) is 19.8 Å². The fourth-order valence-electron chi connectivity index (χ4n) is 1.69. The second-order valence-electron chi connectivity index (χ2n) is 3.97. The molecule has 0 amide bonds. The number of aliphatic hydroxyl groups is 2. The summed E-state index contributed by atoms with van der Waals surface area (Å²) < 4.78 is 10.7. The van der Waals surface area contributed by atoms with Gasteiger partial charge in [0.05, 0.1) is 19.8 Å². The molecule has 0 aromatic heterocycles. The molecular weight excluding hydrogens is 232 g/mol. The number of rotatable bonds is 10. The predicted molar refractivity (Wildman–Crippen MR) is 69.9 cm³/mol. The summed E-state index contributed by atoms with van der Waals surface area (Å²) in [6, 6.07) is 7.89. The van der Waals surface area contributed by atoms with Crippen LogP contribution in [0.2, 0.25) is 0 Å². The van der Waals surface area contributed by atoms with Gasteiger partial charge in [-0.2, -0.15) is 0 Å². The summed E-state index contributed by atoms with van der Waals surface area (Å²) in [5.74, 6) is 0.850. The maximum absolute atomic E-state index is 8.75. The number of aryl methyl sites for hydroxylation is 1. The summed E-state index contributed by atoms with van der Waals surface area (Å²) in [4.78, 5) is 0. The van der Waals surface area contributed by atoms with Crippen LogP contribution < -0.4 is 4.74 Å². The molecule has 0 aliphatic heterocycles. The first-order valence-electron chi connectivity index (χ1n) is 6.38. The van der Waals surface area contributed by atoms with Crippen LogP contribution in [-0.2, 0) is 11.2 Å². The summed E-state index contributed by atoms with van der Waals surface area (Å²) >= 11 is 0. The Balaban J connectivity index is 2.27. The van der Waals surface area contributed by atoms with Crippen LogP contribution >= 0.6 is 0 Å². The van der Waals surface area contributed by atoms with Crippen LogP contribution in [0.4, 0.5) is 0 Å². The number of benzene rings is 1. The highest BCUT2D eigenvalue weighted by Crippen LogP contribution is 2.19. The second-order valence-corrected chi connectivity index (χ2v) is 3.97. The topological polar surface area (TPSA) is 58.9 Å². The molecule has 0 heterocycles. The van der Waals surface area contributed by atoms with Crippen LogP contribution in [0.1, 0.15) is 18.4 Å². The van der Waals surface area contributed by atoms with E-state index in [9.17, 15) is 0 Å². The molecule has 0 saturated heterocycles. The number of para-hydroxylation sites is 1. The number of aliphatic hydroxyl groups excluding tert-OH is 2. The average molecular weight is 254 g/mol. The van der Waals surface area contributed by atoms with E-state index in [1.165, 1.54) is 0 Å². The van der Waals surface area contributed by atoms with Crippen LogP contribution in [0.25, 0.3) is 0 Å². The first-order chi connectivity index (χ1) is 8.88. The molecular formula is C14H22O4. The van der Waals surface area contributed by atoms with Gasteiger partial charge in [-0.05, 0) is 30.9 Å². The highest BCUT2D eigenvalue weighted by molar-refractivity contribution is 5.33. The first-order valence-corrected chi connectivity index (χ1v) is 6.38. The van der Waals surface area contributed by atoms with Crippen molar-refractivity contribution in [1.82, 2.24) is 0 Å². The lowest BCUT2D eigenvalue weighted by atomic mass is 10.1. The maximum Gasteiger partial charge on any atom is 0.122 e. The maximum atomic E-state index is 8.75. The average Bonchev–Trinajstić information content (AvgIpc) is 2.41. The lowest BCUT2D eigenvalue weighted by Crippen LogP contribution is -2.04. The Morgan fingerprint density at radius 1 is 0.889 bits per heavy atom. The van der Waals surface area contributed by atoms with Crippen LogP contribution in [-0.4, -0.2) is 43.2 Å². The zero-order valence-corrected chi connectivity index (χ0v) is 10.7. The van der Waals surface area contributed by atoms with E-state index < -0.39 is 0 Å². The van der Waals surface area contributed by atoms with Crippen LogP contribution in [0.15, 0.2) is 24.3 Å². The molecule has 0 saturated carbocycles. The van der Waals surface area contributed by atoms with Crippen molar-refractivity contribution < 1.29 is 19.7 Å². The van der Waals surface area contributed by atoms with Crippen molar-refractivity contribution in [3.8, 4) is 5.75 Å². The summed E-state index contributed by atoms with van der Waals surface area (Å²) in [5.41, 5.74) is 1.16. The Morgan fingerprint density at radius 2 is 1.67 bits per heavy atom. The number of ether oxygens (including phenoxy) is 2. The third-order valence-electron chi connectivity index (χ3n) is 2.54. The normalized spacial score (nSPS) is 10.6. The highest BCUT2D eigenvalue weighted by atomic mass is 16.5. The van der Waals surface area contributed by atoms with Crippen molar-refractivity contribution in [3.63, 3.8) is 0 Å². The zero-order valence-electron chi connectivity index (χ0n) is 10.7. The minimum atomic E-state index is 0.0311. The molecule has 4 nitrogen and oxygen atoms in total. The third-order valence-corrected chi connectivity index (χ3v) is 2.54. The quantitative estimate of drug-likeness (QED) is 0.619. The SMILES string of the molecule is OCCOCCCCc1ccccc1OCCO. The fraction of sp³-hybridized carbons (Fsp3) is 0.571. The summed E-state index contributed by atoms with van der Waals surface area (Å²) in [5, 5.41) is 17.3. The smallest absolute Gasteiger partial charge is 0.122 e.